The van der Waals surface area contributed by atoms with Crippen LogP contribution in [0.3, 0.4) is 0 Å². The van der Waals surface area contributed by atoms with Gasteiger partial charge in [-0.2, -0.15) is 10.5 Å². The number of benzene rings is 1. The largest absolute Gasteiger partial charge is 0.359 e. The quantitative estimate of drug-likeness (QED) is 0.821. The fourth-order valence-corrected chi connectivity index (χ4v) is 1.78. The van der Waals surface area contributed by atoms with Crippen molar-refractivity contribution in [1.82, 2.24) is 4.98 Å². The molecule has 0 bridgehead atoms. The monoisotopic (exact) mass is 236 g/mol. The van der Waals surface area contributed by atoms with Crippen molar-refractivity contribution in [2.45, 2.75) is 6.42 Å². The summed E-state index contributed by atoms with van der Waals surface area (Å²) in [6.07, 6.45) is 0.437. The molecule has 2 aromatic rings. The van der Waals surface area contributed by atoms with Crippen molar-refractivity contribution in [3.05, 3.63) is 35.9 Å². The summed E-state index contributed by atoms with van der Waals surface area (Å²) in [4.78, 5) is 6.39. The van der Waals surface area contributed by atoms with Gasteiger partial charge in [0.15, 0.2) is 0 Å². The molecule has 88 valence electrons. The lowest BCUT2D eigenvalue weighted by atomic mass is 10.1. The maximum Gasteiger partial charge on any atom is 0.130 e. The zero-order chi connectivity index (χ0) is 13.0. The summed E-state index contributed by atoms with van der Waals surface area (Å²) in [7, 11) is 1.87. The predicted octanol–water partition coefficient (Wildman–Crippen LogP) is 2.46. The highest BCUT2D eigenvalue weighted by Gasteiger charge is 2.08. The van der Waals surface area contributed by atoms with Crippen LogP contribution in [0.4, 0.5) is 5.82 Å². The van der Waals surface area contributed by atoms with Gasteiger partial charge < -0.3 is 4.90 Å². The first-order valence-electron chi connectivity index (χ1n) is 5.64. The summed E-state index contributed by atoms with van der Waals surface area (Å²) in [5, 5.41) is 18.6. The lowest BCUT2D eigenvalue weighted by molar-refractivity contribution is 0.888. The molecule has 0 aliphatic carbocycles. The molecule has 0 fully saturated rings. The van der Waals surface area contributed by atoms with E-state index >= 15 is 0 Å². The fourth-order valence-electron chi connectivity index (χ4n) is 1.78. The lowest BCUT2D eigenvalue weighted by Gasteiger charge is -2.17. The van der Waals surface area contributed by atoms with Crippen molar-refractivity contribution in [2.24, 2.45) is 0 Å². The van der Waals surface area contributed by atoms with Gasteiger partial charge in [0, 0.05) is 19.0 Å². The molecule has 1 aromatic carbocycles. The van der Waals surface area contributed by atoms with Crippen molar-refractivity contribution in [2.75, 3.05) is 18.5 Å². The van der Waals surface area contributed by atoms with Gasteiger partial charge in [0.05, 0.1) is 29.6 Å². The van der Waals surface area contributed by atoms with Crippen LogP contribution < -0.4 is 4.90 Å². The first-order valence-corrected chi connectivity index (χ1v) is 5.64. The van der Waals surface area contributed by atoms with Crippen molar-refractivity contribution in [3.63, 3.8) is 0 Å². The number of nitriles is 2. The molecule has 0 aliphatic heterocycles. The summed E-state index contributed by atoms with van der Waals surface area (Å²) in [5.41, 5.74) is 1.41. The molecule has 0 radical (unpaired) electrons. The van der Waals surface area contributed by atoms with Gasteiger partial charge in [-0.25, -0.2) is 4.98 Å². The smallest absolute Gasteiger partial charge is 0.130 e. The number of hydrogen-bond donors (Lipinski definition) is 0. The molecule has 0 atom stereocenters. The van der Waals surface area contributed by atoms with Gasteiger partial charge in [0.2, 0.25) is 0 Å². The molecule has 0 spiro atoms. The van der Waals surface area contributed by atoms with Crippen LogP contribution in [0, 0.1) is 22.7 Å². The minimum Gasteiger partial charge on any atom is -0.359 e. The Bertz CT molecular complexity index is 649. The number of para-hydroxylation sites is 1. The third kappa shape index (κ3) is 2.23. The third-order valence-electron chi connectivity index (χ3n) is 2.77. The van der Waals surface area contributed by atoms with Gasteiger partial charge in [0.1, 0.15) is 5.82 Å². The number of fused-ring (bicyclic) bond motifs is 1. The van der Waals surface area contributed by atoms with Crippen molar-refractivity contribution in [3.8, 4) is 12.1 Å². The number of hydrogen-bond acceptors (Lipinski definition) is 4. The first kappa shape index (κ1) is 11.9. The number of pyridine rings is 1. The van der Waals surface area contributed by atoms with E-state index in [1.807, 2.05) is 36.2 Å². The Hall–Kier alpha value is -2.59. The van der Waals surface area contributed by atoms with Crippen LogP contribution in [0.5, 0.6) is 0 Å². The molecule has 0 aliphatic rings. The van der Waals surface area contributed by atoms with Crippen molar-refractivity contribution < 1.29 is 0 Å². The number of nitrogens with zero attached hydrogens (tertiary/aromatic N) is 4. The second kappa shape index (κ2) is 5.16. The lowest BCUT2D eigenvalue weighted by Crippen LogP contribution is -2.19. The fraction of sp³-hybridized carbons (Fsp3) is 0.214. The van der Waals surface area contributed by atoms with Gasteiger partial charge in [-0.15, -0.1) is 0 Å². The molecule has 0 amide bonds. The molecule has 1 heterocycles. The normalized spacial score (nSPS) is 9.72. The Balaban J connectivity index is 2.48. The van der Waals surface area contributed by atoms with Crippen LogP contribution in [-0.2, 0) is 0 Å². The molecular weight excluding hydrogens is 224 g/mol. The van der Waals surface area contributed by atoms with E-state index in [1.165, 1.54) is 0 Å². The maximum atomic E-state index is 9.17. The molecule has 0 saturated heterocycles. The second-order valence-corrected chi connectivity index (χ2v) is 3.99. The Kier molecular flexibility index (Phi) is 3.41. The highest BCUT2D eigenvalue weighted by atomic mass is 15.2. The third-order valence-corrected chi connectivity index (χ3v) is 2.77. The summed E-state index contributed by atoms with van der Waals surface area (Å²) in [6, 6.07) is 13.6. The zero-order valence-corrected chi connectivity index (χ0v) is 10.1. The molecule has 4 nitrogen and oxygen atoms in total. The summed E-state index contributed by atoms with van der Waals surface area (Å²) < 4.78 is 0. The second-order valence-electron chi connectivity index (χ2n) is 3.99. The molecule has 4 heteroatoms. The van der Waals surface area contributed by atoms with E-state index in [4.69, 9.17) is 10.5 Å². The van der Waals surface area contributed by atoms with Crippen molar-refractivity contribution >= 4 is 16.7 Å². The number of anilines is 1. The van der Waals surface area contributed by atoms with Gasteiger partial charge >= 0.3 is 0 Å². The van der Waals surface area contributed by atoms with Crippen LogP contribution >= 0.6 is 0 Å². The molecule has 0 saturated carbocycles. The van der Waals surface area contributed by atoms with Crippen LogP contribution in [0.25, 0.3) is 10.9 Å². The standard InChI is InChI=1S/C14H12N4/c1-18(8-4-7-15)14-9-11(10-16)12-5-2-3-6-13(12)17-14/h2-3,5-6,9H,4,8H2,1H3. The van der Waals surface area contributed by atoms with E-state index in [-0.39, 0.29) is 0 Å². The molecular formula is C14H12N4. The molecule has 0 N–H and O–H groups in total. The topological polar surface area (TPSA) is 63.7 Å². The van der Waals surface area contributed by atoms with E-state index in [9.17, 15) is 0 Å². The van der Waals surface area contributed by atoms with Crippen LogP contribution in [0.15, 0.2) is 30.3 Å². The molecule has 0 unspecified atom stereocenters. The van der Waals surface area contributed by atoms with E-state index < -0.39 is 0 Å². The minimum absolute atomic E-state index is 0.437. The van der Waals surface area contributed by atoms with E-state index in [0.717, 1.165) is 16.7 Å². The molecule has 2 rings (SSSR count). The first-order chi connectivity index (χ1) is 8.76. The SMILES string of the molecule is CN(CCC#N)c1cc(C#N)c2ccccc2n1. The summed E-state index contributed by atoms with van der Waals surface area (Å²) in [5.74, 6) is 0.723. The predicted molar refractivity (Wildman–Crippen MR) is 70.0 cm³/mol. The Morgan fingerprint density at radius 3 is 2.78 bits per heavy atom. The van der Waals surface area contributed by atoms with Crippen LogP contribution in [-0.4, -0.2) is 18.6 Å². The highest BCUT2D eigenvalue weighted by Crippen LogP contribution is 2.21. The van der Waals surface area contributed by atoms with Gasteiger partial charge in [-0.05, 0) is 12.1 Å². The van der Waals surface area contributed by atoms with Crippen LogP contribution in [0.1, 0.15) is 12.0 Å². The van der Waals surface area contributed by atoms with E-state index in [1.54, 1.807) is 6.07 Å². The molecule has 18 heavy (non-hydrogen) atoms. The van der Waals surface area contributed by atoms with Gasteiger partial charge in [-0.3, -0.25) is 0 Å². The van der Waals surface area contributed by atoms with Gasteiger partial charge in [0.25, 0.3) is 0 Å². The minimum atomic E-state index is 0.437. The number of aromatic nitrogens is 1. The van der Waals surface area contributed by atoms with Gasteiger partial charge in [-0.1, -0.05) is 18.2 Å². The van der Waals surface area contributed by atoms with E-state index in [2.05, 4.69) is 17.1 Å². The summed E-state index contributed by atoms with van der Waals surface area (Å²) >= 11 is 0. The average molecular weight is 236 g/mol. The van der Waals surface area contributed by atoms with Crippen LogP contribution in [0.2, 0.25) is 0 Å². The number of rotatable bonds is 3. The average Bonchev–Trinajstić information content (AvgIpc) is 2.43. The Labute approximate surface area is 106 Å². The highest BCUT2D eigenvalue weighted by molar-refractivity contribution is 5.86. The zero-order valence-electron chi connectivity index (χ0n) is 10.1. The Morgan fingerprint density at radius 1 is 1.28 bits per heavy atom. The maximum absolute atomic E-state index is 9.17. The van der Waals surface area contributed by atoms with E-state index in [0.29, 0.717) is 18.5 Å². The molecule has 1 aromatic heterocycles. The van der Waals surface area contributed by atoms with Crippen molar-refractivity contribution in [1.29, 1.82) is 10.5 Å². The Morgan fingerprint density at radius 2 is 2.06 bits per heavy atom. The summed E-state index contributed by atoms with van der Waals surface area (Å²) in [6.45, 7) is 0.604.